The maximum absolute atomic E-state index is 12.6. The smallest absolute Gasteiger partial charge is 0.341 e. The van der Waals surface area contributed by atoms with Crippen LogP contribution in [0, 0.1) is 0 Å². The molecule has 0 aliphatic heterocycles. The zero-order valence-corrected chi connectivity index (χ0v) is 16.1. The summed E-state index contributed by atoms with van der Waals surface area (Å²) in [5.74, 6) is -0.679. The Bertz CT molecular complexity index is 910. The molecule has 6 heteroatoms. The summed E-state index contributed by atoms with van der Waals surface area (Å²) in [4.78, 5) is 24.9. The van der Waals surface area contributed by atoms with Crippen molar-refractivity contribution in [1.29, 1.82) is 0 Å². The standard InChI is InChI=1S/C21H21NO4S/c1-3-6-14-8-10-15(11-9-14)16-13-27-20(18(16)21(24)25-4-2)22-19(23)17-7-5-12-26-17/h5,7-13H,3-4,6H2,1-2H3,(H,22,23). The van der Waals surface area contributed by atoms with Crippen molar-refractivity contribution in [2.75, 3.05) is 11.9 Å². The van der Waals surface area contributed by atoms with Crippen molar-refractivity contribution >= 4 is 28.2 Å². The van der Waals surface area contributed by atoms with Crippen molar-refractivity contribution in [1.82, 2.24) is 0 Å². The van der Waals surface area contributed by atoms with Crippen molar-refractivity contribution in [2.24, 2.45) is 0 Å². The third kappa shape index (κ3) is 4.28. The number of thiophene rings is 1. The molecule has 2 aromatic heterocycles. The van der Waals surface area contributed by atoms with E-state index in [4.69, 9.17) is 9.15 Å². The predicted molar refractivity (Wildman–Crippen MR) is 106 cm³/mol. The molecule has 0 radical (unpaired) electrons. The summed E-state index contributed by atoms with van der Waals surface area (Å²) in [5, 5.41) is 5.07. The molecule has 1 aromatic carbocycles. The van der Waals surface area contributed by atoms with Gasteiger partial charge in [-0.2, -0.15) is 0 Å². The second-order valence-electron chi connectivity index (χ2n) is 5.95. The molecule has 3 aromatic rings. The molecule has 0 aliphatic rings. The molecule has 0 bridgehead atoms. The quantitative estimate of drug-likeness (QED) is 0.556. The van der Waals surface area contributed by atoms with Gasteiger partial charge in [0, 0.05) is 10.9 Å². The minimum Gasteiger partial charge on any atom is -0.462 e. The van der Waals surface area contributed by atoms with E-state index in [1.807, 2.05) is 17.5 Å². The Balaban J connectivity index is 1.95. The van der Waals surface area contributed by atoms with Crippen molar-refractivity contribution in [3.63, 3.8) is 0 Å². The third-order valence-corrected chi connectivity index (χ3v) is 4.94. The summed E-state index contributed by atoms with van der Waals surface area (Å²) in [5.41, 5.74) is 3.27. The zero-order chi connectivity index (χ0) is 19.2. The second kappa shape index (κ2) is 8.68. The average molecular weight is 383 g/mol. The molecular weight excluding hydrogens is 362 g/mol. The number of furan rings is 1. The van der Waals surface area contributed by atoms with Crippen LogP contribution in [-0.4, -0.2) is 18.5 Å². The number of esters is 1. The van der Waals surface area contributed by atoms with Gasteiger partial charge in [-0.05, 0) is 36.6 Å². The SMILES string of the molecule is CCCc1ccc(-c2csc(NC(=O)c3ccco3)c2C(=O)OCC)cc1. The molecule has 0 unspecified atom stereocenters. The number of nitrogens with one attached hydrogen (secondary N) is 1. The van der Waals surface area contributed by atoms with Crippen molar-refractivity contribution < 1.29 is 18.7 Å². The molecular formula is C21H21NO4S. The van der Waals surface area contributed by atoms with Gasteiger partial charge in [0.1, 0.15) is 10.6 Å². The Hall–Kier alpha value is -2.86. The van der Waals surface area contributed by atoms with Crippen LogP contribution in [0.2, 0.25) is 0 Å². The highest BCUT2D eigenvalue weighted by atomic mass is 32.1. The van der Waals surface area contributed by atoms with Crippen molar-refractivity contribution in [2.45, 2.75) is 26.7 Å². The van der Waals surface area contributed by atoms with E-state index in [0.29, 0.717) is 10.6 Å². The van der Waals surface area contributed by atoms with E-state index in [-0.39, 0.29) is 12.4 Å². The summed E-state index contributed by atoms with van der Waals surface area (Å²) in [7, 11) is 0. The van der Waals surface area contributed by atoms with E-state index >= 15 is 0 Å². The van der Waals surface area contributed by atoms with E-state index < -0.39 is 11.9 Å². The Labute approximate surface area is 162 Å². The van der Waals surface area contributed by atoms with E-state index in [0.717, 1.165) is 24.0 Å². The van der Waals surface area contributed by atoms with Crippen LogP contribution in [0.1, 0.15) is 46.7 Å². The first kappa shape index (κ1) is 18.9. The van der Waals surface area contributed by atoms with Crippen LogP contribution in [0.15, 0.2) is 52.5 Å². The fraction of sp³-hybridized carbons (Fsp3) is 0.238. The maximum atomic E-state index is 12.6. The summed E-state index contributed by atoms with van der Waals surface area (Å²) in [6, 6.07) is 11.3. The number of rotatable bonds is 7. The topological polar surface area (TPSA) is 68.5 Å². The summed E-state index contributed by atoms with van der Waals surface area (Å²) in [6.45, 7) is 4.15. The van der Waals surface area contributed by atoms with Gasteiger partial charge in [-0.1, -0.05) is 37.6 Å². The minimum atomic E-state index is -0.457. The van der Waals surface area contributed by atoms with Gasteiger partial charge >= 0.3 is 5.97 Å². The number of aryl methyl sites for hydroxylation is 1. The Morgan fingerprint density at radius 2 is 1.93 bits per heavy atom. The number of benzene rings is 1. The van der Waals surface area contributed by atoms with Crippen LogP contribution in [0.25, 0.3) is 11.1 Å². The number of hydrogen-bond acceptors (Lipinski definition) is 5. The van der Waals surface area contributed by atoms with E-state index in [1.54, 1.807) is 19.1 Å². The molecule has 0 saturated heterocycles. The zero-order valence-electron chi connectivity index (χ0n) is 15.3. The summed E-state index contributed by atoms with van der Waals surface area (Å²) in [6.07, 6.45) is 3.52. The van der Waals surface area contributed by atoms with Crippen molar-refractivity contribution in [3.05, 3.63) is 64.9 Å². The van der Waals surface area contributed by atoms with E-state index in [2.05, 4.69) is 24.4 Å². The highest BCUT2D eigenvalue weighted by Gasteiger charge is 2.23. The van der Waals surface area contributed by atoms with Gasteiger partial charge in [0.15, 0.2) is 5.76 Å². The van der Waals surface area contributed by atoms with Crippen LogP contribution in [0.3, 0.4) is 0 Å². The number of ether oxygens (including phenoxy) is 1. The molecule has 27 heavy (non-hydrogen) atoms. The lowest BCUT2D eigenvalue weighted by Crippen LogP contribution is -2.14. The largest absolute Gasteiger partial charge is 0.462 e. The van der Waals surface area contributed by atoms with Gasteiger partial charge in [0.05, 0.1) is 12.9 Å². The fourth-order valence-electron chi connectivity index (χ4n) is 2.78. The van der Waals surface area contributed by atoms with Gasteiger partial charge in [-0.25, -0.2) is 4.79 Å². The van der Waals surface area contributed by atoms with Gasteiger partial charge < -0.3 is 14.5 Å². The first-order valence-corrected chi connectivity index (χ1v) is 9.74. The molecule has 1 N–H and O–H groups in total. The highest BCUT2D eigenvalue weighted by molar-refractivity contribution is 7.15. The van der Waals surface area contributed by atoms with Gasteiger partial charge in [0.25, 0.3) is 5.91 Å². The lowest BCUT2D eigenvalue weighted by molar-refractivity contribution is 0.0529. The summed E-state index contributed by atoms with van der Waals surface area (Å²) < 4.78 is 10.3. The number of amides is 1. The molecule has 0 aliphatic carbocycles. The second-order valence-corrected chi connectivity index (χ2v) is 6.83. The molecule has 0 fully saturated rings. The lowest BCUT2D eigenvalue weighted by Gasteiger charge is -2.09. The normalized spacial score (nSPS) is 10.6. The Kier molecular flexibility index (Phi) is 6.08. The first-order valence-electron chi connectivity index (χ1n) is 8.86. The number of carbonyl (C=O) groups excluding carboxylic acids is 2. The molecule has 140 valence electrons. The Morgan fingerprint density at radius 1 is 1.15 bits per heavy atom. The molecule has 2 heterocycles. The van der Waals surface area contributed by atoms with Gasteiger partial charge in [0.2, 0.25) is 0 Å². The van der Waals surface area contributed by atoms with Crippen LogP contribution in [0.4, 0.5) is 5.00 Å². The molecule has 0 atom stereocenters. The van der Waals surface area contributed by atoms with Crippen LogP contribution in [-0.2, 0) is 11.2 Å². The maximum Gasteiger partial charge on any atom is 0.341 e. The lowest BCUT2D eigenvalue weighted by atomic mass is 10.0. The van der Waals surface area contributed by atoms with Gasteiger partial charge in [-0.15, -0.1) is 11.3 Å². The van der Waals surface area contributed by atoms with E-state index in [9.17, 15) is 9.59 Å². The average Bonchev–Trinajstić information content (AvgIpc) is 3.33. The molecule has 3 rings (SSSR count). The van der Waals surface area contributed by atoms with E-state index in [1.165, 1.54) is 23.2 Å². The van der Waals surface area contributed by atoms with Crippen molar-refractivity contribution in [3.8, 4) is 11.1 Å². The van der Waals surface area contributed by atoms with Crippen LogP contribution < -0.4 is 5.32 Å². The first-order chi connectivity index (χ1) is 13.1. The van der Waals surface area contributed by atoms with Crippen LogP contribution >= 0.6 is 11.3 Å². The number of anilines is 1. The third-order valence-electron chi connectivity index (χ3n) is 4.05. The highest BCUT2D eigenvalue weighted by Crippen LogP contribution is 2.36. The Morgan fingerprint density at radius 3 is 2.56 bits per heavy atom. The molecule has 0 spiro atoms. The fourth-order valence-corrected chi connectivity index (χ4v) is 3.73. The predicted octanol–water partition coefficient (Wildman–Crippen LogP) is 5.39. The minimum absolute atomic E-state index is 0.184. The molecule has 5 nitrogen and oxygen atoms in total. The molecule has 0 saturated carbocycles. The number of hydrogen-bond donors (Lipinski definition) is 1. The number of carbonyl (C=O) groups is 2. The monoisotopic (exact) mass is 383 g/mol. The van der Waals surface area contributed by atoms with Crippen LogP contribution in [0.5, 0.6) is 0 Å². The molecule has 1 amide bonds. The van der Waals surface area contributed by atoms with Gasteiger partial charge in [-0.3, -0.25) is 4.79 Å². The summed E-state index contributed by atoms with van der Waals surface area (Å²) >= 11 is 1.29.